The van der Waals surface area contributed by atoms with Gasteiger partial charge in [-0.05, 0) is 24.8 Å². The van der Waals surface area contributed by atoms with Crippen LogP contribution in [-0.2, 0) is 25.7 Å². The monoisotopic (exact) mass is 318 g/mol. The standard InChI is InChI=1S/C18H22O5/c1-10-14(19)8-13-16(11(2)23-17(13)20)15(10)18(21)22-9-12-6-4-3-5-7-12/h3-7,10-11,13-16,19H,8-9H2,1-2H3. The van der Waals surface area contributed by atoms with Crippen molar-refractivity contribution in [3.63, 3.8) is 0 Å². The molecule has 0 aromatic heterocycles. The molecular formula is C18H22O5. The van der Waals surface area contributed by atoms with E-state index in [4.69, 9.17) is 9.47 Å². The number of esters is 2. The zero-order valence-corrected chi connectivity index (χ0v) is 13.3. The molecule has 2 aliphatic rings. The predicted molar refractivity (Wildman–Crippen MR) is 82.0 cm³/mol. The second-order valence-electron chi connectivity index (χ2n) is 6.61. The predicted octanol–water partition coefficient (Wildman–Crippen LogP) is 1.92. The van der Waals surface area contributed by atoms with Crippen LogP contribution in [0.1, 0.15) is 25.8 Å². The number of cyclic esters (lactones) is 1. The van der Waals surface area contributed by atoms with Crippen LogP contribution in [0.2, 0.25) is 0 Å². The maximum absolute atomic E-state index is 12.6. The molecule has 0 amide bonds. The van der Waals surface area contributed by atoms with Crippen molar-refractivity contribution in [3.05, 3.63) is 35.9 Å². The van der Waals surface area contributed by atoms with Gasteiger partial charge in [-0.1, -0.05) is 37.3 Å². The molecular weight excluding hydrogens is 296 g/mol. The molecule has 2 fully saturated rings. The largest absolute Gasteiger partial charge is 0.462 e. The fourth-order valence-corrected chi connectivity index (χ4v) is 3.89. The Morgan fingerprint density at radius 1 is 1.30 bits per heavy atom. The third-order valence-corrected chi connectivity index (χ3v) is 5.19. The van der Waals surface area contributed by atoms with Crippen molar-refractivity contribution in [3.8, 4) is 0 Å². The van der Waals surface area contributed by atoms with Gasteiger partial charge in [0.1, 0.15) is 12.7 Å². The minimum absolute atomic E-state index is 0.194. The third kappa shape index (κ3) is 2.98. The quantitative estimate of drug-likeness (QED) is 0.862. The molecule has 1 heterocycles. The Balaban J connectivity index is 1.75. The topological polar surface area (TPSA) is 72.8 Å². The summed E-state index contributed by atoms with van der Waals surface area (Å²) in [6.07, 6.45) is -0.655. The molecule has 5 heteroatoms. The first-order chi connectivity index (χ1) is 11.0. The minimum atomic E-state index is -0.691. The molecule has 124 valence electrons. The molecule has 3 rings (SSSR count). The van der Waals surface area contributed by atoms with E-state index in [9.17, 15) is 14.7 Å². The van der Waals surface area contributed by atoms with Crippen molar-refractivity contribution in [1.29, 1.82) is 0 Å². The average Bonchev–Trinajstić information content (AvgIpc) is 2.81. The third-order valence-electron chi connectivity index (χ3n) is 5.19. The van der Waals surface area contributed by atoms with Crippen molar-refractivity contribution in [1.82, 2.24) is 0 Å². The Morgan fingerprint density at radius 3 is 2.70 bits per heavy atom. The summed E-state index contributed by atoms with van der Waals surface area (Å²) in [5.41, 5.74) is 0.910. The van der Waals surface area contributed by atoms with Crippen LogP contribution in [0, 0.1) is 23.7 Å². The Morgan fingerprint density at radius 2 is 2.00 bits per heavy atom. The molecule has 1 N–H and O–H groups in total. The summed E-state index contributed by atoms with van der Waals surface area (Å²) in [5, 5.41) is 10.2. The molecule has 5 nitrogen and oxygen atoms in total. The molecule has 1 aliphatic carbocycles. The number of fused-ring (bicyclic) bond motifs is 1. The smallest absolute Gasteiger partial charge is 0.310 e. The van der Waals surface area contributed by atoms with Crippen LogP contribution in [0.25, 0.3) is 0 Å². The fraction of sp³-hybridized carbons (Fsp3) is 0.556. The van der Waals surface area contributed by atoms with Gasteiger partial charge in [-0.15, -0.1) is 0 Å². The van der Waals surface area contributed by atoms with Gasteiger partial charge in [-0.25, -0.2) is 0 Å². The number of aliphatic hydroxyl groups is 1. The van der Waals surface area contributed by atoms with Crippen LogP contribution in [0.3, 0.4) is 0 Å². The second-order valence-corrected chi connectivity index (χ2v) is 6.61. The molecule has 1 saturated heterocycles. The Labute approximate surface area is 135 Å². The van der Waals surface area contributed by atoms with Crippen LogP contribution in [0.15, 0.2) is 30.3 Å². The number of carbonyl (C=O) groups excluding carboxylic acids is 2. The first-order valence-electron chi connectivity index (χ1n) is 8.08. The summed E-state index contributed by atoms with van der Waals surface area (Å²) in [6.45, 7) is 3.84. The number of hydrogen-bond acceptors (Lipinski definition) is 5. The van der Waals surface area contributed by atoms with Crippen molar-refractivity contribution in [2.45, 2.75) is 39.1 Å². The van der Waals surface area contributed by atoms with E-state index in [0.29, 0.717) is 6.42 Å². The molecule has 0 bridgehead atoms. The first kappa shape index (κ1) is 16.0. The van der Waals surface area contributed by atoms with E-state index in [1.54, 1.807) is 0 Å². The van der Waals surface area contributed by atoms with E-state index in [-0.39, 0.29) is 36.5 Å². The molecule has 6 unspecified atom stereocenters. The van der Waals surface area contributed by atoms with Gasteiger partial charge in [0, 0.05) is 5.92 Å². The number of hydrogen-bond donors (Lipinski definition) is 1. The number of ether oxygens (including phenoxy) is 2. The molecule has 6 atom stereocenters. The highest BCUT2D eigenvalue weighted by atomic mass is 16.6. The van der Waals surface area contributed by atoms with E-state index >= 15 is 0 Å². The van der Waals surface area contributed by atoms with Crippen molar-refractivity contribution < 1.29 is 24.2 Å². The molecule has 23 heavy (non-hydrogen) atoms. The van der Waals surface area contributed by atoms with Gasteiger partial charge in [0.2, 0.25) is 0 Å². The van der Waals surface area contributed by atoms with E-state index in [1.165, 1.54) is 0 Å². The molecule has 1 aliphatic heterocycles. The summed E-state index contributed by atoms with van der Waals surface area (Å²) < 4.78 is 10.8. The summed E-state index contributed by atoms with van der Waals surface area (Å²) in [4.78, 5) is 24.6. The lowest BCUT2D eigenvalue weighted by atomic mass is 9.65. The Bertz CT molecular complexity index is 584. The van der Waals surface area contributed by atoms with Gasteiger partial charge in [0.15, 0.2) is 0 Å². The maximum Gasteiger partial charge on any atom is 0.310 e. The zero-order chi connectivity index (χ0) is 16.6. The van der Waals surface area contributed by atoms with Crippen molar-refractivity contribution in [2.24, 2.45) is 23.7 Å². The zero-order valence-electron chi connectivity index (χ0n) is 13.3. The van der Waals surface area contributed by atoms with Crippen LogP contribution in [0.4, 0.5) is 0 Å². The summed E-state index contributed by atoms with van der Waals surface area (Å²) >= 11 is 0. The van der Waals surface area contributed by atoms with E-state index < -0.39 is 17.9 Å². The Kier molecular flexibility index (Phi) is 4.39. The molecule has 1 aromatic carbocycles. The second kappa shape index (κ2) is 6.32. The molecule has 0 spiro atoms. The lowest BCUT2D eigenvalue weighted by Crippen LogP contribution is -2.47. The highest BCUT2D eigenvalue weighted by molar-refractivity contribution is 5.80. The Hall–Kier alpha value is -1.88. The van der Waals surface area contributed by atoms with E-state index in [2.05, 4.69) is 0 Å². The van der Waals surface area contributed by atoms with E-state index in [1.807, 2.05) is 44.2 Å². The van der Waals surface area contributed by atoms with Gasteiger partial charge in [0.05, 0.1) is 17.9 Å². The van der Waals surface area contributed by atoms with Crippen LogP contribution < -0.4 is 0 Å². The van der Waals surface area contributed by atoms with E-state index in [0.717, 1.165) is 5.56 Å². The van der Waals surface area contributed by atoms with Crippen LogP contribution >= 0.6 is 0 Å². The van der Waals surface area contributed by atoms with Crippen molar-refractivity contribution >= 4 is 11.9 Å². The van der Waals surface area contributed by atoms with Crippen LogP contribution in [-0.4, -0.2) is 29.3 Å². The van der Waals surface area contributed by atoms with Crippen molar-refractivity contribution in [2.75, 3.05) is 0 Å². The first-order valence-corrected chi connectivity index (χ1v) is 8.08. The summed E-state index contributed by atoms with van der Waals surface area (Å²) in [5.74, 6) is -2.07. The summed E-state index contributed by atoms with van der Waals surface area (Å²) in [6, 6.07) is 9.45. The normalized spacial score (nSPS) is 36.2. The van der Waals surface area contributed by atoms with Gasteiger partial charge in [-0.3, -0.25) is 9.59 Å². The molecule has 1 saturated carbocycles. The molecule has 0 radical (unpaired) electrons. The van der Waals surface area contributed by atoms with Gasteiger partial charge < -0.3 is 14.6 Å². The summed E-state index contributed by atoms with van der Waals surface area (Å²) in [7, 11) is 0. The van der Waals surface area contributed by atoms with Gasteiger partial charge >= 0.3 is 11.9 Å². The minimum Gasteiger partial charge on any atom is -0.462 e. The highest BCUT2D eigenvalue weighted by Crippen LogP contribution is 2.46. The number of rotatable bonds is 3. The number of benzene rings is 1. The SMILES string of the molecule is CC1OC(=O)C2CC(O)C(C)C(C(=O)OCc3ccccc3)C12. The van der Waals surface area contributed by atoms with Gasteiger partial charge in [-0.2, -0.15) is 0 Å². The highest BCUT2D eigenvalue weighted by Gasteiger charge is 2.56. The lowest BCUT2D eigenvalue weighted by Gasteiger charge is -2.39. The average molecular weight is 318 g/mol. The lowest BCUT2D eigenvalue weighted by molar-refractivity contribution is -0.161. The number of aliphatic hydroxyl groups excluding tert-OH is 1. The van der Waals surface area contributed by atoms with Crippen LogP contribution in [0.5, 0.6) is 0 Å². The fourth-order valence-electron chi connectivity index (χ4n) is 3.89. The van der Waals surface area contributed by atoms with Gasteiger partial charge in [0.25, 0.3) is 0 Å². The maximum atomic E-state index is 12.6. The number of carbonyl (C=O) groups is 2. The molecule has 1 aromatic rings.